The second kappa shape index (κ2) is 7.17. The predicted molar refractivity (Wildman–Crippen MR) is 73.3 cm³/mol. The Labute approximate surface area is 109 Å². The molecule has 1 aromatic carbocycles. The van der Waals surface area contributed by atoms with E-state index in [1.54, 1.807) is 4.90 Å². The summed E-state index contributed by atoms with van der Waals surface area (Å²) in [5.74, 6) is 0.117. The van der Waals surface area contributed by atoms with Crippen molar-refractivity contribution in [1.29, 1.82) is 0 Å². The van der Waals surface area contributed by atoms with Crippen LogP contribution in [-0.4, -0.2) is 29.0 Å². The van der Waals surface area contributed by atoms with Crippen LogP contribution in [0.4, 0.5) is 0 Å². The van der Waals surface area contributed by atoms with Gasteiger partial charge in [0.2, 0.25) is 5.91 Å². The minimum absolute atomic E-state index is 0.117. The Morgan fingerprint density at radius 3 is 2.28 bits per heavy atom. The van der Waals surface area contributed by atoms with Gasteiger partial charge in [-0.3, -0.25) is 4.79 Å². The Bertz CT molecular complexity index is 369. The van der Waals surface area contributed by atoms with Crippen LogP contribution in [0.25, 0.3) is 0 Å². The molecule has 1 amide bonds. The molecule has 1 N–H and O–H groups in total. The average molecular weight is 249 g/mol. The highest BCUT2D eigenvalue weighted by Crippen LogP contribution is 2.19. The molecule has 0 aliphatic rings. The molecular formula is C15H23NO2. The molecular weight excluding hydrogens is 226 g/mol. The van der Waals surface area contributed by atoms with Gasteiger partial charge in [0.15, 0.2) is 0 Å². The van der Waals surface area contributed by atoms with Gasteiger partial charge in [0.05, 0.1) is 6.10 Å². The third-order valence-electron chi connectivity index (χ3n) is 3.21. The van der Waals surface area contributed by atoms with Crippen molar-refractivity contribution in [2.45, 2.75) is 39.7 Å². The number of aliphatic hydroxyl groups is 1. The van der Waals surface area contributed by atoms with Gasteiger partial charge in [-0.2, -0.15) is 0 Å². The minimum atomic E-state index is -0.551. The molecule has 1 unspecified atom stereocenters. The summed E-state index contributed by atoms with van der Waals surface area (Å²) in [4.78, 5) is 13.6. The molecule has 1 rings (SSSR count). The summed E-state index contributed by atoms with van der Waals surface area (Å²) in [6.07, 6.45) is 0.333. The summed E-state index contributed by atoms with van der Waals surface area (Å²) >= 11 is 0. The molecule has 1 atom stereocenters. The van der Waals surface area contributed by atoms with Gasteiger partial charge in [-0.25, -0.2) is 0 Å². The van der Waals surface area contributed by atoms with Crippen LogP contribution in [-0.2, 0) is 4.79 Å². The van der Waals surface area contributed by atoms with E-state index in [9.17, 15) is 9.90 Å². The summed E-state index contributed by atoms with van der Waals surface area (Å²) in [5.41, 5.74) is 2.05. The lowest BCUT2D eigenvalue weighted by molar-refractivity contribution is -0.131. The SMILES string of the molecule is CCN(CC)C(=O)CCC(O)c1ccc(C)cc1. The molecule has 100 valence electrons. The second-order valence-electron chi connectivity index (χ2n) is 4.53. The number of amides is 1. The van der Waals surface area contributed by atoms with Gasteiger partial charge >= 0.3 is 0 Å². The smallest absolute Gasteiger partial charge is 0.222 e. The molecule has 18 heavy (non-hydrogen) atoms. The van der Waals surface area contributed by atoms with Crippen molar-refractivity contribution in [3.05, 3.63) is 35.4 Å². The first-order valence-electron chi connectivity index (χ1n) is 6.60. The van der Waals surface area contributed by atoms with Crippen molar-refractivity contribution >= 4 is 5.91 Å². The molecule has 0 saturated carbocycles. The summed E-state index contributed by atoms with van der Waals surface area (Å²) < 4.78 is 0. The largest absolute Gasteiger partial charge is 0.388 e. The lowest BCUT2D eigenvalue weighted by Gasteiger charge is -2.19. The highest BCUT2D eigenvalue weighted by Gasteiger charge is 2.13. The van der Waals surface area contributed by atoms with Crippen LogP contribution in [0.3, 0.4) is 0 Å². The lowest BCUT2D eigenvalue weighted by Crippen LogP contribution is -2.30. The van der Waals surface area contributed by atoms with E-state index >= 15 is 0 Å². The van der Waals surface area contributed by atoms with Crippen molar-refractivity contribution < 1.29 is 9.90 Å². The predicted octanol–water partition coefficient (Wildman–Crippen LogP) is 2.68. The molecule has 0 heterocycles. The molecule has 0 bridgehead atoms. The molecule has 3 nitrogen and oxygen atoms in total. The topological polar surface area (TPSA) is 40.5 Å². The fraction of sp³-hybridized carbons (Fsp3) is 0.533. The van der Waals surface area contributed by atoms with Crippen molar-refractivity contribution in [1.82, 2.24) is 4.90 Å². The summed E-state index contributed by atoms with van der Waals surface area (Å²) in [7, 11) is 0. The van der Waals surface area contributed by atoms with E-state index in [2.05, 4.69) is 0 Å². The number of rotatable bonds is 6. The standard InChI is InChI=1S/C15H23NO2/c1-4-16(5-2)15(18)11-10-14(17)13-8-6-12(3)7-9-13/h6-9,14,17H,4-5,10-11H2,1-3H3. The highest BCUT2D eigenvalue weighted by molar-refractivity contribution is 5.76. The van der Waals surface area contributed by atoms with Gasteiger partial charge in [0.1, 0.15) is 0 Å². The molecule has 0 aromatic heterocycles. The average Bonchev–Trinajstić information content (AvgIpc) is 2.38. The van der Waals surface area contributed by atoms with Crippen LogP contribution in [0, 0.1) is 6.92 Å². The summed E-state index contributed by atoms with van der Waals surface area (Å²) in [6.45, 7) is 7.42. The Morgan fingerprint density at radius 2 is 1.78 bits per heavy atom. The van der Waals surface area contributed by atoms with Crippen molar-refractivity contribution in [2.24, 2.45) is 0 Å². The van der Waals surface area contributed by atoms with E-state index in [0.717, 1.165) is 18.7 Å². The third-order valence-corrected chi connectivity index (χ3v) is 3.21. The molecule has 0 aliphatic heterocycles. The minimum Gasteiger partial charge on any atom is -0.388 e. The van der Waals surface area contributed by atoms with E-state index in [1.165, 1.54) is 5.56 Å². The molecule has 0 spiro atoms. The van der Waals surface area contributed by atoms with Crippen LogP contribution in [0.2, 0.25) is 0 Å². The van der Waals surface area contributed by atoms with E-state index in [-0.39, 0.29) is 5.91 Å². The maximum Gasteiger partial charge on any atom is 0.222 e. The maximum atomic E-state index is 11.8. The molecule has 0 radical (unpaired) electrons. The Hall–Kier alpha value is -1.35. The van der Waals surface area contributed by atoms with Gasteiger partial charge in [-0.1, -0.05) is 29.8 Å². The quantitative estimate of drug-likeness (QED) is 0.842. The van der Waals surface area contributed by atoms with E-state index in [1.807, 2.05) is 45.0 Å². The zero-order valence-corrected chi connectivity index (χ0v) is 11.5. The monoisotopic (exact) mass is 249 g/mol. The molecule has 3 heteroatoms. The number of benzene rings is 1. The van der Waals surface area contributed by atoms with Crippen molar-refractivity contribution in [2.75, 3.05) is 13.1 Å². The molecule has 0 saturated heterocycles. The van der Waals surface area contributed by atoms with E-state index in [4.69, 9.17) is 0 Å². The van der Waals surface area contributed by atoms with Crippen LogP contribution in [0.1, 0.15) is 43.9 Å². The number of hydrogen-bond acceptors (Lipinski definition) is 2. The number of nitrogens with zero attached hydrogens (tertiary/aromatic N) is 1. The fourth-order valence-corrected chi connectivity index (χ4v) is 1.95. The molecule has 0 aliphatic carbocycles. The number of carbonyl (C=O) groups is 1. The van der Waals surface area contributed by atoms with E-state index < -0.39 is 6.10 Å². The van der Waals surface area contributed by atoms with Crippen LogP contribution >= 0.6 is 0 Å². The second-order valence-corrected chi connectivity index (χ2v) is 4.53. The molecule has 1 aromatic rings. The van der Waals surface area contributed by atoms with Crippen molar-refractivity contribution in [3.8, 4) is 0 Å². The van der Waals surface area contributed by atoms with Gasteiger partial charge in [0.25, 0.3) is 0 Å². The zero-order chi connectivity index (χ0) is 13.5. The first kappa shape index (κ1) is 14.7. The number of carbonyl (C=O) groups excluding carboxylic acids is 1. The van der Waals surface area contributed by atoms with Gasteiger partial charge in [0, 0.05) is 19.5 Å². The Balaban J connectivity index is 2.48. The Kier molecular flexibility index (Phi) is 5.86. The Morgan fingerprint density at radius 1 is 1.22 bits per heavy atom. The number of aryl methyl sites for hydroxylation is 1. The van der Waals surface area contributed by atoms with Gasteiger partial charge in [-0.05, 0) is 32.8 Å². The maximum absolute atomic E-state index is 11.8. The first-order chi connectivity index (χ1) is 8.58. The summed E-state index contributed by atoms with van der Waals surface area (Å²) in [5, 5.41) is 10.0. The fourth-order valence-electron chi connectivity index (χ4n) is 1.95. The van der Waals surface area contributed by atoms with Crippen LogP contribution in [0.15, 0.2) is 24.3 Å². The highest BCUT2D eigenvalue weighted by atomic mass is 16.3. The van der Waals surface area contributed by atoms with Gasteiger partial charge in [-0.15, -0.1) is 0 Å². The van der Waals surface area contributed by atoms with Gasteiger partial charge < -0.3 is 10.0 Å². The third kappa shape index (κ3) is 4.15. The first-order valence-corrected chi connectivity index (χ1v) is 6.60. The van der Waals surface area contributed by atoms with Crippen LogP contribution in [0.5, 0.6) is 0 Å². The normalized spacial score (nSPS) is 12.2. The lowest BCUT2D eigenvalue weighted by atomic mass is 10.0. The summed E-state index contributed by atoms with van der Waals surface area (Å²) in [6, 6.07) is 7.79. The zero-order valence-electron chi connectivity index (χ0n) is 11.5. The number of hydrogen-bond donors (Lipinski definition) is 1. The number of aliphatic hydroxyl groups excluding tert-OH is 1. The molecule has 0 fully saturated rings. The van der Waals surface area contributed by atoms with Crippen molar-refractivity contribution in [3.63, 3.8) is 0 Å². The van der Waals surface area contributed by atoms with E-state index in [0.29, 0.717) is 12.8 Å². The van der Waals surface area contributed by atoms with Crippen LogP contribution < -0.4 is 0 Å².